The van der Waals surface area contributed by atoms with Gasteiger partial charge >= 0.3 is 0 Å². The van der Waals surface area contributed by atoms with Crippen LogP contribution in [0, 0.1) is 12.7 Å². The summed E-state index contributed by atoms with van der Waals surface area (Å²) in [6.07, 6.45) is 2.46. The standard InChI is InChI=1S/C16H19FN2O/c1-11-9-16(14(12(2)18)10-15(11)17)20-8-6-13-5-3-4-7-19-13/h3-5,7,9-10,12H,6,8,18H2,1-2H3/t12-/m1/s1. The molecule has 106 valence electrons. The minimum absolute atomic E-state index is 0.255. The summed E-state index contributed by atoms with van der Waals surface area (Å²) in [6, 6.07) is 8.66. The smallest absolute Gasteiger partial charge is 0.126 e. The average Bonchev–Trinajstić information content (AvgIpc) is 2.43. The van der Waals surface area contributed by atoms with Gasteiger partial charge in [-0.05, 0) is 43.7 Å². The Morgan fingerprint density at radius 3 is 2.80 bits per heavy atom. The van der Waals surface area contributed by atoms with Crippen molar-refractivity contribution in [3.05, 3.63) is 59.2 Å². The minimum Gasteiger partial charge on any atom is -0.493 e. The summed E-state index contributed by atoms with van der Waals surface area (Å²) in [5.41, 5.74) is 8.07. The molecule has 0 fully saturated rings. The molecule has 0 saturated carbocycles. The van der Waals surface area contributed by atoms with E-state index < -0.39 is 0 Å². The molecule has 0 aliphatic carbocycles. The lowest BCUT2D eigenvalue weighted by Gasteiger charge is -2.15. The van der Waals surface area contributed by atoms with Crippen molar-refractivity contribution >= 4 is 0 Å². The molecule has 20 heavy (non-hydrogen) atoms. The van der Waals surface area contributed by atoms with E-state index in [9.17, 15) is 4.39 Å². The molecule has 1 heterocycles. The molecular weight excluding hydrogens is 255 g/mol. The molecule has 1 aromatic heterocycles. The summed E-state index contributed by atoms with van der Waals surface area (Å²) in [7, 11) is 0. The molecular formula is C16H19FN2O. The number of benzene rings is 1. The number of aromatic nitrogens is 1. The fourth-order valence-electron chi connectivity index (χ4n) is 1.96. The number of hydrogen-bond acceptors (Lipinski definition) is 3. The van der Waals surface area contributed by atoms with Crippen molar-refractivity contribution in [2.45, 2.75) is 26.3 Å². The van der Waals surface area contributed by atoms with Crippen LogP contribution in [-0.4, -0.2) is 11.6 Å². The Labute approximate surface area is 118 Å². The van der Waals surface area contributed by atoms with Crippen LogP contribution in [0.5, 0.6) is 5.75 Å². The molecule has 4 heteroatoms. The average molecular weight is 274 g/mol. The van der Waals surface area contributed by atoms with Crippen LogP contribution in [0.4, 0.5) is 4.39 Å². The summed E-state index contributed by atoms with van der Waals surface area (Å²) >= 11 is 0. The normalized spacial score (nSPS) is 12.2. The second-order valence-electron chi connectivity index (χ2n) is 4.85. The van der Waals surface area contributed by atoms with E-state index in [0.29, 0.717) is 29.9 Å². The zero-order chi connectivity index (χ0) is 14.5. The number of pyridine rings is 1. The van der Waals surface area contributed by atoms with E-state index in [-0.39, 0.29) is 11.9 Å². The third kappa shape index (κ3) is 3.54. The Balaban J connectivity index is 2.07. The fraction of sp³-hybridized carbons (Fsp3) is 0.312. The zero-order valence-corrected chi connectivity index (χ0v) is 11.8. The fourth-order valence-corrected chi connectivity index (χ4v) is 1.96. The van der Waals surface area contributed by atoms with E-state index in [2.05, 4.69) is 4.98 Å². The highest BCUT2D eigenvalue weighted by atomic mass is 19.1. The van der Waals surface area contributed by atoms with Crippen LogP contribution in [-0.2, 0) is 6.42 Å². The van der Waals surface area contributed by atoms with Crippen LogP contribution < -0.4 is 10.5 Å². The van der Waals surface area contributed by atoms with Crippen molar-refractivity contribution < 1.29 is 9.13 Å². The highest BCUT2D eigenvalue weighted by Gasteiger charge is 2.12. The molecule has 3 nitrogen and oxygen atoms in total. The largest absolute Gasteiger partial charge is 0.493 e. The predicted molar refractivity (Wildman–Crippen MR) is 77.2 cm³/mol. The van der Waals surface area contributed by atoms with Crippen LogP contribution in [0.3, 0.4) is 0 Å². The summed E-state index contributed by atoms with van der Waals surface area (Å²) in [6.45, 7) is 4.02. The third-order valence-electron chi connectivity index (χ3n) is 3.12. The van der Waals surface area contributed by atoms with Crippen LogP contribution in [0.1, 0.15) is 29.8 Å². The summed E-state index contributed by atoms with van der Waals surface area (Å²) in [5.74, 6) is 0.393. The third-order valence-corrected chi connectivity index (χ3v) is 3.12. The first-order valence-corrected chi connectivity index (χ1v) is 6.66. The molecule has 1 aromatic carbocycles. The monoisotopic (exact) mass is 274 g/mol. The van der Waals surface area contributed by atoms with Gasteiger partial charge in [-0.3, -0.25) is 4.98 Å². The molecule has 2 N–H and O–H groups in total. The lowest BCUT2D eigenvalue weighted by molar-refractivity contribution is 0.314. The minimum atomic E-state index is -0.269. The Morgan fingerprint density at radius 2 is 2.15 bits per heavy atom. The summed E-state index contributed by atoms with van der Waals surface area (Å²) in [4.78, 5) is 4.23. The molecule has 1 atom stereocenters. The summed E-state index contributed by atoms with van der Waals surface area (Å²) in [5, 5.41) is 0. The molecule has 0 spiro atoms. The molecule has 2 rings (SSSR count). The van der Waals surface area contributed by atoms with Crippen molar-refractivity contribution in [2.24, 2.45) is 5.73 Å². The van der Waals surface area contributed by atoms with E-state index >= 15 is 0 Å². The topological polar surface area (TPSA) is 48.1 Å². The van der Waals surface area contributed by atoms with Crippen molar-refractivity contribution in [2.75, 3.05) is 6.61 Å². The van der Waals surface area contributed by atoms with Gasteiger partial charge in [0.1, 0.15) is 11.6 Å². The van der Waals surface area contributed by atoms with Crippen molar-refractivity contribution in [1.82, 2.24) is 4.98 Å². The molecule has 0 unspecified atom stereocenters. The molecule has 0 amide bonds. The Morgan fingerprint density at radius 1 is 1.35 bits per heavy atom. The predicted octanol–water partition coefficient (Wildman–Crippen LogP) is 3.17. The first-order chi connectivity index (χ1) is 9.58. The second-order valence-corrected chi connectivity index (χ2v) is 4.85. The van der Waals surface area contributed by atoms with Crippen LogP contribution in [0.2, 0.25) is 0 Å². The maximum atomic E-state index is 13.6. The van der Waals surface area contributed by atoms with Gasteiger partial charge in [-0.25, -0.2) is 4.39 Å². The first kappa shape index (κ1) is 14.5. The number of ether oxygens (including phenoxy) is 1. The zero-order valence-electron chi connectivity index (χ0n) is 11.8. The number of hydrogen-bond donors (Lipinski definition) is 1. The van der Waals surface area contributed by atoms with Crippen LogP contribution in [0.25, 0.3) is 0 Å². The van der Waals surface area contributed by atoms with E-state index in [0.717, 1.165) is 5.69 Å². The number of halogens is 1. The maximum Gasteiger partial charge on any atom is 0.126 e. The molecule has 0 aliphatic rings. The van der Waals surface area contributed by atoms with Crippen LogP contribution in [0.15, 0.2) is 36.5 Å². The highest BCUT2D eigenvalue weighted by molar-refractivity contribution is 5.39. The Kier molecular flexibility index (Phi) is 4.69. The lowest BCUT2D eigenvalue weighted by Crippen LogP contribution is -2.11. The van der Waals surface area contributed by atoms with Gasteiger partial charge in [-0.15, -0.1) is 0 Å². The Bertz CT molecular complexity index is 570. The van der Waals surface area contributed by atoms with Gasteiger partial charge in [0.15, 0.2) is 0 Å². The highest BCUT2D eigenvalue weighted by Crippen LogP contribution is 2.27. The van der Waals surface area contributed by atoms with Gasteiger partial charge in [0.25, 0.3) is 0 Å². The first-order valence-electron chi connectivity index (χ1n) is 6.66. The molecule has 0 aliphatic heterocycles. The molecule has 0 saturated heterocycles. The maximum absolute atomic E-state index is 13.6. The van der Waals surface area contributed by atoms with E-state index in [1.54, 1.807) is 19.2 Å². The number of nitrogens with zero attached hydrogens (tertiary/aromatic N) is 1. The SMILES string of the molecule is Cc1cc(OCCc2ccccn2)c([C@@H](C)N)cc1F. The van der Waals surface area contributed by atoms with Gasteiger partial charge in [0.05, 0.1) is 6.61 Å². The quantitative estimate of drug-likeness (QED) is 0.911. The second kappa shape index (κ2) is 6.48. The van der Waals surface area contributed by atoms with Crippen molar-refractivity contribution in [1.29, 1.82) is 0 Å². The van der Waals surface area contributed by atoms with Crippen molar-refractivity contribution in [3.8, 4) is 5.75 Å². The van der Waals surface area contributed by atoms with Gasteiger partial charge < -0.3 is 10.5 Å². The Hall–Kier alpha value is -1.94. The van der Waals surface area contributed by atoms with Gasteiger partial charge in [0, 0.05) is 29.9 Å². The molecule has 0 radical (unpaired) electrons. The summed E-state index contributed by atoms with van der Waals surface area (Å²) < 4.78 is 19.3. The van der Waals surface area contributed by atoms with Gasteiger partial charge in [0.2, 0.25) is 0 Å². The van der Waals surface area contributed by atoms with Gasteiger partial charge in [-0.1, -0.05) is 6.07 Å². The van der Waals surface area contributed by atoms with E-state index in [1.165, 1.54) is 6.07 Å². The van der Waals surface area contributed by atoms with Crippen molar-refractivity contribution in [3.63, 3.8) is 0 Å². The van der Waals surface area contributed by atoms with E-state index in [4.69, 9.17) is 10.5 Å². The number of nitrogens with two attached hydrogens (primary N) is 1. The van der Waals surface area contributed by atoms with E-state index in [1.807, 2.05) is 25.1 Å². The van der Waals surface area contributed by atoms with Gasteiger partial charge in [-0.2, -0.15) is 0 Å². The molecule has 2 aromatic rings. The number of rotatable bonds is 5. The molecule has 0 bridgehead atoms. The van der Waals surface area contributed by atoms with Crippen LogP contribution >= 0.6 is 0 Å². The number of aryl methyl sites for hydroxylation is 1. The lowest BCUT2D eigenvalue weighted by atomic mass is 10.1.